The highest BCUT2D eigenvalue weighted by molar-refractivity contribution is 5.90. The van der Waals surface area contributed by atoms with Crippen molar-refractivity contribution < 1.29 is 18.0 Å². The van der Waals surface area contributed by atoms with E-state index in [4.69, 9.17) is 0 Å². The van der Waals surface area contributed by atoms with Gasteiger partial charge in [0.1, 0.15) is 6.04 Å². The van der Waals surface area contributed by atoms with Gasteiger partial charge in [-0.05, 0) is 6.92 Å². The SMILES string of the molecule is CC(NC(=O)c1ncc[nH]1)C(F)(F)F. The Hall–Kier alpha value is -1.53. The molecule has 4 nitrogen and oxygen atoms in total. The number of carbonyl (C=O) groups is 1. The van der Waals surface area contributed by atoms with Crippen molar-refractivity contribution >= 4 is 5.91 Å². The molecule has 1 atom stereocenters. The molecular formula is C7H8F3N3O. The van der Waals surface area contributed by atoms with Gasteiger partial charge in [0.2, 0.25) is 0 Å². The fraction of sp³-hybridized carbons (Fsp3) is 0.429. The smallest absolute Gasteiger partial charge is 0.341 e. The van der Waals surface area contributed by atoms with Crippen LogP contribution >= 0.6 is 0 Å². The second-order valence-electron chi connectivity index (χ2n) is 2.67. The summed E-state index contributed by atoms with van der Waals surface area (Å²) >= 11 is 0. The fourth-order valence-electron chi connectivity index (χ4n) is 0.736. The molecule has 0 aliphatic carbocycles. The molecular weight excluding hydrogens is 199 g/mol. The average Bonchev–Trinajstić information content (AvgIpc) is 2.53. The van der Waals surface area contributed by atoms with Crippen LogP contribution in [0.5, 0.6) is 0 Å². The van der Waals surface area contributed by atoms with Crippen LogP contribution in [-0.4, -0.2) is 28.1 Å². The van der Waals surface area contributed by atoms with E-state index in [9.17, 15) is 18.0 Å². The van der Waals surface area contributed by atoms with Crippen LogP contribution in [0.3, 0.4) is 0 Å². The van der Waals surface area contributed by atoms with Crippen molar-refractivity contribution in [3.8, 4) is 0 Å². The highest BCUT2D eigenvalue weighted by atomic mass is 19.4. The summed E-state index contributed by atoms with van der Waals surface area (Å²) < 4.78 is 36.0. The summed E-state index contributed by atoms with van der Waals surface area (Å²) in [6.45, 7) is 0.862. The Labute approximate surface area is 77.5 Å². The number of nitrogens with one attached hydrogen (secondary N) is 2. The summed E-state index contributed by atoms with van der Waals surface area (Å²) in [5, 5.41) is 1.76. The zero-order chi connectivity index (χ0) is 10.8. The lowest BCUT2D eigenvalue weighted by Crippen LogP contribution is -2.43. The van der Waals surface area contributed by atoms with Gasteiger partial charge in [-0.1, -0.05) is 0 Å². The van der Waals surface area contributed by atoms with Gasteiger partial charge in [0.25, 0.3) is 5.91 Å². The van der Waals surface area contributed by atoms with Gasteiger partial charge in [-0.2, -0.15) is 13.2 Å². The normalized spacial score (nSPS) is 13.7. The number of hydrogen-bond acceptors (Lipinski definition) is 2. The number of alkyl halides is 3. The van der Waals surface area contributed by atoms with Crippen LogP contribution in [0.4, 0.5) is 13.2 Å². The van der Waals surface area contributed by atoms with E-state index in [-0.39, 0.29) is 5.82 Å². The van der Waals surface area contributed by atoms with E-state index in [0.29, 0.717) is 0 Å². The highest BCUT2D eigenvalue weighted by Crippen LogP contribution is 2.19. The quantitative estimate of drug-likeness (QED) is 0.762. The summed E-state index contributed by atoms with van der Waals surface area (Å²) in [4.78, 5) is 17.0. The van der Waals surface area contributed by atoms with Crippen molar-refractivity contribution in [2.24, 2.45) is 0 Å². The van der Waals surface area contributed by atoms with Gasteiger partial charge in [-0.25, -0.2) is 4.98 Å². The van der Waals surface area contributed by atoms with Crippen LogP contribution in [0.1, 0.15) is 17.5 Å². The molecule has 0 aromatic carbocycles. The number of H-pyrrole nitrogens is 1. The first kappa shape index (κ1) is 10.6. The standard InChI is InChI=1S/C7H8F3N3O/c1-4(7(8,9)10)13-6(14)5-11-2-3-12-5/h2-4H,1H3,(H,11,12)(H,13,14). The Balaban J connectivity index is 2.58. The molecule has 0 bridgehead atoms. The van der Waals surface area contributed by atoms with E-state index in [1.807, 2.05) is 0 Å². The van der Waals surface area contributed by atoms with Crippen LogP contribution in [-0.2, 0) is 0 Å². The number of hydrogen-bond donors (Lipinski definition) is 2. The third-order valence-electron chi connectivity index (χ3n) is 1.55. The minimum Gasteiger partial charge on any atom is -0.341 e. The third kappa shape index (κ3) is 2.48. The van der Waals surface area contributed by atoms with Crippen molar-refractivity contribution in [3.63, 3.8) is 0 Å². The van der Waals surface area contributed by atoms with Gasteiger partial charge in [-0.3, -0.25) is 4.79 Å². The van der Waals surface area contributed by atoms with E-state index in [0.717, 1.165) is 6.92 Å². The summed E-state index contributed by atoms with van der Waals surface area (Å²) in [6.07, 6.45) is -1.80. The van der Waals surface area contributed by atoms with E-state index in [1.54, 1.807) is 5.32 Å². The molecule has 0 saturated carbocycles. The molecule has 1 aromatic heterocycles. The monoisotopic (exact) mass is 207 g/mol. The summed E-state index contributed by atoms with van der Waals surface area (Å²) in [7, 11) is 0. The zero-order valence-electron chi connectivity index (χ0n) is 7.22. The number of aromatic amines is 1. The maximum atomic E-state index is 12.0. The third-order valence-corrected chi connectivity index (χ3v) is 1.55. The molecule has 14 heavy (non-hydrogen) atoms. The molecule has 0 radical (unpaired) electrons. The van der Waals surface area contributed by atoms with Crippen molar-refractivity contribution in [1.29, 1.82) is 0 Å². The molecule has 1 amide bonds. The Bertz CT molecular complexity index is 306. The number of nitrogens with zero attached hydrogens (tertiary/aromatic N) is 1. The predicted octanol–water partition coefficient (Wildman–Crippen LogP) is 1.09. The molecule has 0 spiro atoms. The van der Waals surface area contributed by atoms with Crippen LogP contribution in [0, 0.1) is 0 Å². The van der Waals surface area contributed by atoms with Crippen molar-refractivity contribution in [3.05, 3.63) is 18.2 Å². The molecule has 78 valence electrons. The number of aromatic nitrogens is 2. The van der Waals surface area contributed by atoms with Crippen LogP contribution in [0.25, 0.3) is 0 Å². The predicted molar refractivity (Wildman–Crippen MR) is 41.6 cm³/mol. The lowest BCUT2D eigenvalue weighted by atomic mass is 10.3. The van der Waals surface area contributed by atoms with Gasteiger partial charge in [0, 0.05) is 12.4 Å². The molecule has 1 aromatic rings. The van der Waals surface area contributed by atoms with E-state index in [1.165, 1.54) is 12.4 Å². The molecule has 0 aliphatic rings. The number of rotatable bonds is 2. The maximum Gasteiger partial charge on any atom is 0.408 e. The van der Waals surface area contributed by atoms with Gasteiger partial charge >= 0.3 is 6.18 Å². The van der Waals surface area contributed by atoms with Crippen LogP contribution in [0.15, 0.2) is 12.4 Å². The van der Waals surface area contributed by atoms with Crippen LogP contribution < -0.4 is 5.32 Å². The van der Waals surface area contributed by atoms with E-state index < -0.39 is 18.1 Å². The van der Waals surface area contributed by atoms with Gasteiger partial charge in [-0.15, -0.1) is 0 Å². The molecule has 0 fully saturated rings. The lowest BCUT2D eigenvalue weighted by Gasteiger charge is -2.15. The highest BCUT2D eigenvalue weighted by Gasteiger charge is 2.37. The van der Waals surface area contributed by atoms with Crippen LogP contribution in [0.2, 0.25) is 0 Å². The topological polar surface area (TPSA) is 57.8 Å². The lowest BCUT2D eigenvalue weighted by molar-refractivity contribution is -0.149. The summed E-state index contributed by atoms with van der Waals surface area (Å²) in [6, 6.07) is -1.89. The second-order valence-corrected chi connectivity index (χ2v) is 2.67. The first-order valence-electron chi connectivity index (χ1n) is 3.78. The molecule has 0 saturated heterocycles. The largest absolute Gasteiger partial charge is 0.408 e. The van der Waals surface area contributed by atoms with Crippen molar-refractivity contribution in [1.82, 2.24) is 15.3 Å². The molecule has 1 heterocycles. The average molecular weight is 207 g/mol. The number of imidazole rings is 1. The number of halogens is 3. The van der Waals surface area contributed by atoms with Crippen molar-refractivity contribution in [2.75, 3.05) is 0 Å². The number of carbonyl (C=O) groups excluding carboxylic acids is 1. The molecule has 1 unspecified atom stereocenters. The zero-order valence-corrected chi connectivity index (χ0v) is 7.22. The summed E-state index contributed by atoms with van der Waals surface area (Å²) in [5.41, 5.74) is 0. The van der Waals surface area contributed by atoms with Gasteiger partial charge in [0.05, 0.1) is 0 Å². The first-order chi connectivity index (χ1) is 6.41. The van der Waals surface area contributed by atoms with Gasteiger partial charge < -0.3 is 10.3 Å². The number of amides is 1. The minimum atomic E-state index is -4.44. The Morgan fingerprint density at radius 1 is 1.64 bits per heavy atom. The first-order valence-corrected chi connectivity index (χ1v) is 3.78. The summed E-state index contributed by atoms with van der Waals surface area (Å²) in [5.74, 6) is -1.01. The van der Waals surface area contributed by atoms with E-state index in [2.05, 4.69) is 9.97 Å². The van der Waals surface area contributed by atoms with Crippen molar-refractivity contribution in [2.45, 2.75) is 19.1 Å². The Kier molecular flexibility index (Phi) is 2.78. The Morgan fingerprint density at radius 3 is 2.71 bits per heavy atom. The molecule has 1 rings (SSSR count). The molecule has 0 aliphatic heterocycles. The molecule has 2 N–H and O–H groups in total. The van der Waals surface area contributed by atoms with Gasteiger partial charge in [0.15, 0.2) is 5.82 Å². The van der Waals surface area contributed by atoms with E-state index >= 15 is 0 Å². The minimum absolute atomic E-state index is 0.138. The Morgan fingerprint density at radius 2 is 2.29 bits per heavy atom. The molecule has 7 heteroatoms. The second kappa shape index (κ2) is 3.69. The fourth-order valence-corrected chi connectivity index (χ4v) is 0.736. The maximum absolute atomic E-state index is 12.0.